The SMILES string of the molecule is CCOC(=O)C(Nc1cccc(F)c1)c1cncs1. The Morgan fingerprint density at radius 2 is 2.42 bits per heavy atom. The number of nitrogens with one attached hydrogen (secondary N) is 1. The summed E-state index contributed by atoms with van der Waals surface area (Å²) in [7, 11) is 0. The number of rotatable bonds is 5. The average molecular weight is 280 g/mol. The molecule has 1 heterocycles. The number of hydrogen-bond acceptors (Lipinski definition) is 5. The molecule has 0 aliphatic heterocycles. The Morgan fingerprint density at radius 1 is 1.58 bits per heavy atom. The molecule has 0 fully saturated rings. The lowest BCUT2D eigenvalue weighted by atomic mass is 10.2. The molecule has 1 atom stereocenters. The smallest absolute Gasteiger partial charge is 0.334 e. The number of carbonyl (C=O) groups excluding carboxylic acids is 1. The number of benzene rings is 1. The highest BCUT2D eigenvalue weighted by atomic mass is 32.1. The lowest BCUT2D eigenvalue weighted by Gasteiger charge is -2.16. The third kappa shape index (κ3) is 3.51. The molecule has 1 N–H and O–H groups in total. The Kier molecular flexibility index (Phi) is 4.46. The van der Waals surface area contributed by atoms with Crippen LogP contribution in [0.2, 0.25) is 0 Å². The van der Waals surface area contributed by atoms with Crippen molar-refractivity contribution in [1.82, 2.24) is 4.98 Å². The van der Waals surface area contributed by atoms with E-state index in [9.17, 15) is 9.18 Å². The molecular formula is C13H13FN2O2S. The van der Waals surface area contributed by atoms with E-state index in [2.05, 4.69) is 10.3 Å². The van der Waals surface area contributed by atoms with Gasteiger partial charge in [0.25, 0.3) is 0 Å². The van der Waals surface area contributed by atoms with Gasteiger partial charge in [-0.3, -0.25) is 4.98 Å². The van der Waals surface area contributed by atoms with Crippen molar-refractivity contribution >= 4 is 23.0 Å². The molecule has 4 nitrogen and oxygen atoms in total. The topological polar surface area (TPSA) is 51.2 Å². The van der Waals surface area contributed by atoms with Gasteiger partial charge >= 0.3 is 5.97 Å². The normalized spacial score (nSPS) is 11.9. The van der Waals surface area contributed by atoms with Crippen LogP contribution in [0.5, 0.6) is 0 Å². The van der Waals surface area contributed by atoms with Gasteiger partial charge in [0.15, 0.2) is 6.04 Å². The molecule has 2 rings (SSSR count). The average Bonchev–Trinajstić information content (AvgIpc) is 2.90. The largest absolute Gasteiger partial charge is 0.464 e. The maximum absolute atomic E-state index is 13.1. The molecule has 0 saturated heterocycles. The Bertz CT molecular complexity index is 545. The van der Waals surface area contributed by atoms with Gasteiger partial charge in [-0.2, -0.15) is 0 Å². The number of thiazole rings is 1. The summed E-state index contributed by atoms with van der Waals surface area (Å²) in [6.07, 6.45) is 1.60. The fourth-order valence-corrected chi connectivity index (χ4v) is 2.24. The molecule has 0 aliphatic rings. The third-order valence-corrected chi connectivity index (χ3v) is 3.23. The van der Waals surface area contributed by atoms with Gasteiger partial charge in [0.2, 0.25) is 0 Å². The summed E-state index contributed by atoms with van der Waals surface area (Å²) in [6.45, 7) is 2.03. The maximum atomic E-state index is 13.1. The van der Waals surface area contributed by atoms with E-state index in [0.717, 1.165) is 4.88 Å². The Hall–Kier alpha value is -1.95. The second-order valence-corrected chi connectivity index (χ2v) is 4.66. The predicted molar refractivity (Wildman–Crippen MR) is 71.5 cm³/mol. The van der Waals surface area contributed by atoms with Crippen molar-refractivity contribution in [2.24, 2.45) is 0 Å². The zero-order valence-electron chi connectivity index (χ0n) is 10.3. The molecule has 0 bridgehead atoms. The summed E-state index contributed by atoms with van der Waals surface area (Å²) in [4.78, 5) is 16.6. The van der Waals surface area contributed by atoms with E-state index >= 15 is 0 Å². The Morgan fingerprint density at radius 3 is 3.05 bits per heavy atom. The molecule has 0 spiro atoms. The first-order valence-electron chi connectivity index (χ1n) is 5.78. The minimum Gasteiger partial charge on any atom is -0.464 e. The molecule has 100 valence electrons. The van der Waals surface area contributed by atoms with Crippen molar-refractivity contribution in [3.63, 3.8) is 0 Å². The van der Waals surface area contributed by atoms with Crippen LogP contribution < -0.4 is 5.32 Å². The van der Waals surface area contributed by atoms with E-state index in [1.807, 2.05) is 0 Å². The minimum absolute atomic E-state index is 0.291. The number of hydrogen-bond donors (Lipinski definition) is 1. The van der Waals surface area contributed by atoms with Crippen LogP contribution in [0.25, 0.3) is 0 Å². The summed E-state index contributed by atoms with van der Waals surface area (Å²) < 4.78 is 18.2. The number of anilines is 1. The van der Waals surface area contributed by atoms with Crippen LogP contribution in [0, 0.1) is 5.82 Å². The van der Waals surface area contributed by atoms with Crippen molar-refractivity contribution in [3.8, 4) is 0 Å². The molecule has 1 aromatic carbocycles. The highest BCUT2D eigenvalue weighted by molar-refractivity contribution is 7.09. The summed E-state index contributed by atoms with van der Waals surface area (Å²) in [5.41, 5.74) is 2.15. The van der Waals surface area contributed by atoms with Crippen molar-refractivity contribution < 1.29 is 13.9 Å². The van der Waals surface area contributed by atoms with Gasteiger partial charge in [0.05, 0.1) is 17.0 Å². The summed E-state index contributed by atoms with van der Waals surface area (Å²) in [6, 6.07) is 5.27. The van der Waals surface area contributed by atoms with E-state index < -0.39 is 12.0 Å². The zero-order chi connectivity index (χ0) is 13.7. The molecule has 1 aromatic heterocycles. The molecule has 0 amide bonds. The van der Waals surface area contributed by atoms with Crippen LogP contribution in [0.1, 0.15) is 17.8 Å². The van der Waals surface area contributed by atoms with Gasteiger partial charge in [-0.1, -0.05) is 6.07 Å². The predicted octanol–water partition coefficient (Wildman–Crippen LogP) is 3.00. The number of nitrogens with zero attached hydrogens (tertiary/aromatic N) is 1. The van der Waals surface area contributed by atoms with Crippen LogP contribution >= 0.6 is 11.3 Å². The van der Waals surface area contributed by atoms with Gasteiger partial charge in [-0.25, -0.2) is 9.18 Å². The molecule has 6 heteroatoms. The second kappa shape index (κ2) is 6.29. The number of carbonyl (C=O) groups is 1. The van der Waals surface area contributed by atoms with Crippen molar-refractivity contribution in [2.75, 3.05) is 11.9 Å². The molecular weight excluding hydrogens is 267 g/mol. The van der Waals surface area contributed by atoms with Crippen LogP contribution in [0.3, 0.4) is 0 Å². The molecule has 0 aliphatic carbocycles. The second-order valence-electron chi connectivity index (χ2n) is 3.74. The van der Waals surface area contributed by atoms with Crippen molar-refractivity contribution in [2.45, 2.75) is 13.0 Å². The first-order chi connectivity index (χ1) is 9.20. The van der Waals surface area contributed by atoms with E-state index in [1.54, 1.807) is 30.8 Å². The highest BCUT2D eigenvalue weighted by Crippen LogP contribution is 2.24. The molecule has 0 saturated carbocycles. The quantitative estimate of drug-likeness (QED) is 0.855. The standard InChI is InChI=1S/C13H13FN2O2S/c1-2-18-13(17)12(11-7-15-8-19-11)16-10-5-3-4-9(14)6-10/h3-8,12,16H,2H2,1H3. The van der Waals surface area contributed by atoms with Gasteiger partial charge in [-0.05, 0) is 25.1 Å². The number of halogens is 1. The first kappa shape index (κ1) is 13.5. The van der Waals surface area contributed by atoms with E-state index in [4.69, 9.17) is 4.74 Å². The summed E-state index contributed by atoms with van der Waals surface area (Å²) in [5.74, 6) is -0.770. The van der Waals surface area contributed by atoms with Gasteiger partial charge in [0, 0.05) is 11.9 Å². The van der Waals surface area contributed by atoms with Crippen molar-refractivity contribution in [3.05, 3.63) is 46.7 Å². The van der Waals surface area contributed by atoms with Gasteiger partial charge in [-0.15, -0.1) is 11.3 Å². The fourth-order valence-electron chi connectivity index (χ4n) is 1.58. The van der Waals surface area contributed by atoms with Crippen molar-refractivity contribution in [1.29, 1.82) is 0 Å². The summed E-state index contributed by atoms with van der Waals surface area (Å²) in [5, 5.41) is 2.96. The number of aromatic nitrogens is 1. The number of esters is 1. The van der Waals surface area contributed by atoms with Crippen LogP contribution in [0.15, 0.2) is 36.0 Å². The third-order valence-electron chi connectivity index (χ3n) is 2.39. The van der Waals surface area contributed by atoms with Crippen LogP contribution in [0.4, 0.5) is 10.1 Å². The first-order valence-corrected chi connectivity index (χ1v) is 6.65. The minimum atomic E-state index is -0.672. The van der Waals surface area contributed by atoms with E-state index in [-0.39, 0.29) is 5.82 Å². The lowest BCUT2D eigenvalue weighted by molar-refractivity contribution is -0.144. The highest BCUT2D eigenvalue weighted by Gasteiger charge is 2.23. The molecule has 1 unspecified atom stereocenters. The lowest BCUT2D eigenvalue weighted by Crippen LogP contribution is -2.22. The summed E-state index contributed by atoms with van der Waals surface area (Å²) >= 11 is 1.34. The van der Waals surface area contributed by atoms with Crippen LogP contribution in [-0.4, -0.2) is 17.6 Å². The molecule has 19 heavy (non-hydrogen) atoms. The fraction of sp³-hybridized carbons (Fsp3) is 0.231. The van der Waals surface area contributed by atoms with E-state index in [0.29, 0.717) is 12.3 Å². The monoisotopic (exact) mass is 280 g/mol. The Labute approximate surface area is 114 Å². The van der Waals surface area contributed by atoms with E-state index in [1.165, 1.54) is 23.5 Å². The molecule has 0 radical (unpaired) electrons. The number of ether oxygens (including phenoxy) is 1. The van der Waals surface area contributed by atoms with Crippen LogP contribution in [-0.2, 0) is 9.53 Å². The zero-order valence-corrected chi connectivity index (χ0v) is 11.1. The van der Waals surface area contributed by atoms with Gasteiger partial charge in [0.1, 0.15) is 5.82 Å². The van der Waals surface area contributed by atoms with Gasteiger partial charge < -0.3 is 10.1 Å². The molecule has 2 aromatic rings. The Balaban J connectivity index is 2.21. The maximum Gasteiger partial charge on any atom is 0.334 e.